The molecular weight excluding hydrogens is 548 g/mol. The van der Waals surface area contributed by atoms with Crippen LogP contribution in [0.25, 0.3) is 0 Å². The minimum absolute atomic E-state index is 0.217. The number of carbonyl (C=O) groups excluding carboxylic acids is 1. The van der Waals surface area contributed by atoms with E-state index >= 15 is 0 Å². The number of hydrogen-bond acceptors (Lipinski definition) is 8. The van der Waals surface area contributed by atoms with Crippen molar-refractivity contribution in [2.45, 2.75) is 204 Å². The first-order valence-electron chi connectivity index (χ1n) is 17.7. The summed E-state index contributed by atoms with van der Waals surface area (Å²) in [6.45, 7) is 4.04. The summed E-state index contributed by atoms with van der Waals surface area (Å²) in [6, 6.07) is 0. The Kier molecular flexibility index (Phi) is 19.9. The van der Waals surface area contributed by atoms with Crippen LogP contribution < -0.4 is 0 Å². The number of unbranched alkanes of at least 4 members (excludes halogenated alkanes) is 11. The lowest BCUT2D eigenvalue weighted by molar-refractivity contribution is -0.139. The summed E-state index contributed by atoms with van der Waals surface area (Å²) < 4.78 is 11.1. The Morgan fingerprint density at radius 1 is 0.674 bits per heavy atom. The molecule has 2 aliphatic rings. The standard InChI is InChI=1S/C35H64O8/c1-3-4-5-6-7-8-9-10-11-15-18-31(39)33-21-22-34(43-33)32(40)20-19-30(38)25-29(37)17-14-12-13-16-28(36)24-27-23-26(2)42-35(27)41/h23,26,28-34,36-40H,3-22,24-25H2,1-2H3/t26-,28+,29+,30-,31+,32+,33-,34+/m0/s1. The Morgan fingerprint density at radius 2 is 1.16 bits per heavy atom. The molecule has 0 aromatic rings. The molecule has 0 aromatic carbocycles. The zero-order chi connectivity index (χ0) is 31.5. The van der Waals surface area contributed by atoms with Crippen LogP contribution in [-0.2, 0) is 14.3 Å². The quantitative estimate of drug-likeness (QED) is 0.0590. The van der Waals surface area contributed by atoms with Gasteiger partial charge in [0.1, 0.15) is 6.10 Å². The Labute approximate surface area is 261 Å². The summed E-state index contributed by atoms with van der Waals surface area (Å²) in [5.74, 6) is -0.339. The summed E-state index contributed by atoms with van der Waals surface area (Å²) in [4.78, 5) is 11.7. The van der Waals surface area contributed by atoms with E-state index in [1.54, 1.807) is 13.0 Å². The molecule has 43 heavy (non-hydrogen) atoms. The van der Waals surface area contributed by atoms with Crippen molar-refractivity contribution in [2.75, 3.05) is 0 Å². The van der Waals surface area contributed by atoms with E-state index in [0.29, 0.717) is 37.7 Å². The summed E-state index contributed by atoms with van der Waals surface area (Å²) in [5, 5.41) is 52.1. The molecule has 0 radical (unpaired) electrons. The molecule has 8 heteroatoms. The van der Waals surface area contributed by atoms with Gasteiger partial charge >= 0.3 is 5.97 Å². The van der Waals surface area contributed by atoms with Gasteiger partial charge in [0.05, 0.1) is 42.7 Å². The molecule has 0 amide bonds. The van der Waals surface area contributed by atoms with Crippen molar-refractivity contribution in [1.29, 1.82) is 0 Å². The lowest BCUT2D eigenvalue weighted by atomic mass is 9.97. The third-order valence-corrected chi connectivity index (χ3v) is 9.16. The normalized spacial score (nSPS) is 24.0. The van der Waals surface area contributed by atoms with E-state index in [1.807, 2.05) is 0 Å². The second-order valence-corrected chi connectivity index (χ2v) is 13.3. The van der Waals surface area contributed by atoms with Gasteiger partial charge in [-0.3, -0.25) is 0 Å². The SMILES string of the molecule is CCCCCCCCCCCC[C@@H](O)[C@@H]1CC[C@H]([C@H](O)CC[C@H](O)C[C@H](O)CCCCC[C@@H](O)CC2=C[C@H](C)OC2=O)O1. The largest absolute Gasteiger partial charge is 0.455 e. The zero-order valence-corrected chi connectivity index (χ0v) is 27.2. The first-order valence-corrected chi connectivity index (χ1v) is 17.7. The fourth-order valence-electron chi connectivity index (χ4n) is 6.45. The third-order valence-electron chi connectivity index (χ3n) is 9.16. The average molecular weight is 613 g/mol. The van der Waals surface area contributed by atoms with E-state index < -0.39 is 30.5 Å². The van der Waals surface area contributed by atoms with Crippen LogP contribution >= 0.6 is 0 Å². The van der Waals surface area contributed by atoms with Crippen LogP contribution in [0.15, 0.2) is 11.6 Å². The second-order valence-electron chi connectivity index (χ2n) is 13.3. The van der Waals surface area contributed by atoms with Crippen molar-refractivity contribution in [3.63, 3.8) is 0 Å². The fraction of sp³-hybridized carbons (Fsp3) is 0.914. The number of aliphatic hydroxyl groups excluding tert-OH is 5. The summed E-state index contributed by atoms with van der Waals surface area (Å²) in [6.07, 6.45) is 17.9. The highest BCUT2D eigenvalue weighted by Crippen LogP contribution is 2.28. The number of cyclic esters (lactones) is 1. The number of esters is 1. The molecule has 252 valence electrons. The first-order chi connectivity index (χ1) is 20.7. The zero-order valence-electron chi connectivity index (χ0n) is 27.2. The molecule has 8 atom stereocenters. The molecule has 0 aromatic heterocycles. The van der Waals surface area contributed by atoms with Crippen molar-refractivity contribution in [3.8, 4) is 0 Å². The van der Waals surface area contributed by atoms with Gasteiger partial charge < -0.3 is 35.0 Å². The predicted octanol–water partition coefficient (Wildman–Crippen LogP) is 6.03. The molecule has 0 aliphatic carbocycles. The van der Waals surface area contributed by atoms with Crippen LogP contribution in [0, 0.1) is 0 Å². The highest BCUT2D eigenvalue weighted by atomic mass is 16.5. The van der Waals surface area contributed by atoms with Crippen molar-refractivity contribution < 1.29 is 39.8 Å². The second kappa shape index (κ2) is 22.5. The minimum atomic E-state index is -0.688. The van der Waals surface area contributed by atoms with Crippen LogP contribution in [0.3, 0.4) is 0 Å². The maximum atomic E-state index is 11.7. The van der Waals surface area contributed by atoms with E-state index in [1.165, 1.54) is 51.4 Å². The predicted molar refractivity (Wildman–Crippen MR) is 170 cm³/mol. The maximum absolute atomic E-state index is 11.7. The van der Waals surface area contributed by atoms with Crippen LogP contribution in [0.5, 0.6) is 0 Å². The van der Waals surface area contributed by atoms with E-state index in [4.69, 9.17) is 9.47 Å². The molecule has 1 fully saturated rings. The van der Waals surface area contributed by atoms with E-state index in [-0.39, 0.29) is 30.7 Å². The fourth-order valence-corrected chi connectivity index (χ4v) is 6.45. The van der Waals surface area contributed by atoms with Crippen LogP contribution in [0.1, 0.15) is 155 Å². The number of rotatable bonds is 26. The molecule has 2 aliphatic heterocycles. The Morgan fingerprint density at radius 3 is 1.74 bits per heavy atom. The number of carbonyl (C=O) groups is 1. The number of ether oxygens (including phenoxy) is 2. The van der Waals surface area contributed by atoms with Gasteiger partial charge in [-0.2, -0.15) is 0 Å². The first kappa shape index (κ1) is 38.2. The van der Waals surface area contributed by atoms with Gasteiger partial charge in [-0.05, 0) is 64.4 Å². The van der Waals surface area contributed by atoms with Gasteiger partial charge in [0, 0.05) is 12.0 Å². The van der Waals surface area contributed by atoms with Crippen molar-refractivity contribution in [2.24, 2.45) is 0 Å². The molecular formula is C35H64O8. The molecule has 0 unspecified atom stereocenters. The molecule has 2 rings (SSSR count). The van der Waals surface area contributed by atoms with Gasteiger partial charge in [-0.1, -0.05) is 90.4 Å². The summed E-state index contributed by atoms with van der Waals surface area (Å²) in [7, 11) is 0. The highest BCUT2D eigenvalue weighted by Gasteiger charge is 2.34. The third kappa shape index (κ3) is 16.7. The van der Waals surface area contributed by atoms with Gasteiger partial charge in [0.15, 0.2) is 0 Å². The van der Waals surface area contributed by atoms with E-state index in [0.717, 1.165) is 51.4 Å². The smallest absolute Gasteiger partial charge is 0.334 e. The van der Waals surface area contributed by atoms with Gasteiger partial charge in [0.25, 0.3) is 0 Å². The lowest BCUT2D eigenvalue weighted by Crippen LogP contribution is -2.31. The van der Waals surface area contributed by atoms with Crippen LogP contribution in [0.4, 0.5) is 0 Å². The molecule has 0 saturated carbocycles. The van der Waals surface area contributed by atoms with Gasteiger partial charge in [-0.15, -0.1) is 0 Å². The summed E-state index contributed by atoms with van der Waals surface area (Å²) in [5.41, 5.74) is 0.547. The van der Waals surface area contributed by atoms with Gasteiger partial charge in [0.2, 0.25) is 0 Å². The molecule has 8 nitrogen and oxygen atoms in total. The molecule has 1 saturated heterocycles. The number of aliphatic hydroxyl groups is 5. The lowest BCUT2D eigenvalue weighted by Gasteiger charge is -2.23. The van der Waals surface area contributed by atoms with Crippen molar-refractivity contribution >= 4 is 5.97 Å². The highest BCUT2D eigenvalue weighted by molar-refractivity contribution is 5.90. The summed E-state index contributed by atoms with van der Waals surface area (Å²) >= 11 is 0. The molecule has 0 spiro atoms. The van der Waals surface area contributed by atoms with Crippen molar-refractivity contribution in [1.82, 2.24) is 0 Å². The minimum Gasteiger partial charge on any atom is -0.455 e. The number of hydrogen-bond donors (Lipinski definition) is 5. The molecule has 5 N–H and O–H groups in total. The Hall–Kier alpha value is -1.03. The topological polar surface area (TPSA) is 137 Å². The van der Waals surface area contributed by atoms with Crippen LogP contribution in [0.2, 0.25) is 0 Å². The molecule has 0 bridgehead atoms. The van der Waals surface area contributed by atoms with Crippen LogP contribution in [-0.4, -0.2) is 80.3 Å². The van der Waals surface area contributed by atoms with Gasteiger partial charge in [-0.25, -0.2) is 4.79 Å². The monoisotopic (exact) mass is 612 g/mol. The molecule has 2 heterocycles. The Bertz CT molecular complexity index is 758. The van der Waals surface area contributed by atoms with E-state index in [2.05, 4.69) is 6.92 Å². The van der Waals surface area contributed by atoms with Crippen molar-refractivity contribution in [3.05, 3.63) is 11.6 Å². The average Bonchev–Trinajstić information content (AvgIpc) is 3.58. The maximum Gasteiger partial charge on any atom is 0.334 e. The Balaban J connectivity index is 1.46. The van der Waals surface area contributed by atoms with E-state index in [9.17, 15) is 30.3 Å².